The SMILES string of the molecule is CCN=C(NC1CCN(CC(F)F)CC1)NC1CC(OCC)C12CCCCC2.I. The van der Waals surface area contributed by atoms with E-state index in [-0.39, 0.29) is 35.9 Å². The highest BCUT2D eigenvalue weighted by Gasteiger charge is 2.55. The Labute approximate surface area is 191 Å². The monoisotopic (exact) mass is 528 g/mol. The molecule has 0 aromatic rings. The predicted molar refractivity (Wildman–Crippen MR) is 124 cm³/mol. The van der Waals surface area contributed by atoms with E-state index in [0.29, 0.717) is 18.2 Å². The highest BCUT2D eigenvalue weighted by molar-refractivity contribution is 14.0. The van der Waals surface area contributed by atoms with Crippen LogP contribution < -0.4 is 10.6 Å². The number of nitrogens with zero attached hydrogens (tertiary/aromatic N) is 2. The highest BCUT2D eigenvalue weighted by Crippen LogP contribution is 2.53. The molecule has 0 radical (unpaired) electrons. The van der Waals surface area contributed by atoms with E-state index in [9.17, 15) is 8.78 Å². The fourth-order valence-electron chi connectivity index (χ4n) is 5.37. The molecule has 8 heteroatoms. The van der Waals surface area contributed by atoms with Gasteiger partial charge >= 0.3 is 0 Å². The van der Waals surface area contributed by atoms with Crippen molar-refractivity contribution < 1.29 is 13.5 Å². The van der Waals surface area contributed by atoms with Crippen LogP contribution in [0.25, 0.3) is 0 Å². The molecular formula is C21H39F2IN4O. The minimum atomic E-state index is -2.24. The van der Waals surface area contributed by atoms with Crippen molar-refractivity contribution in [1.82, 2.24) is 15.5 Å². The van der Waals surface area contributed by atoms with Crippen molar-refractivity contribution in [2.75, 3.05) is 32.8 Å². The third-order valence-electron chi connectivity index (χ3n) is 6.89. The predicted octanol–water partition coefficient (Wildman–Crippen LogP) is 4.02. The van der Waals surface area contributed by atoms with Gasteiger partial charge in [-0.15, -0.1) is 24.0 Å². The summed E-state index contributed by atoms with van der Waals surface area (Å²) >= 11 is 0. The fourth-order valence-corrected chi connectivity index (χ4v) is 5.37. The molecule has 0 aromatic heterocycles. The molecule has 3 fully saturated rings. The molecule has 29 heavy (non-hydrogen) atoms. The summed E-state index contributed by atoms with van der Waals surface area (Å²) in [6.45, 7) is 6.99. The van der Waals surface area contributed by atoms with Crippen molar-refractivity contribution in [1.29, 1.82) is 0 Å². The summed E-state index contributed by atoms with van der Waals surface area (Å²) in [7, 11) is 0. The molecule has 2 aliphatic carbocycles. The molecule has 0 aromatic carbocycles. The van der Waals surface area contributed by atoms with Crippen molar-refractivity contribution >= 4 is 29.9 Å². The van der Waals surface area contributed by atoms with E-state index >= 15 is 0 Å². The third-order valence-corrected chi connectivity index (χ3v) is 6.89. The van der Waals surface area contributed by atoms with Gasteiger partial charge in [0.2, 0.25) is 0 Å². The third kappa shape index (κ3) is 6.38. The van der Waals surface area contributed by atoms with Gasteiger partial charge in [-0.25, -0.2) is 8.78 Å². The van der Waals surface area contributed by atoms with Crippen LogP contribution in [0.5, 0.6) is 0 Å². The Morgan fingerprint density at radius 2 is 1.83 bits per heavy atom. The van der Waals surface area contributed by atoms with Gasteiger partial charge in [-0.05, 0) is 46.0 Å². The van der Waals surface area contributed by atoms with Crippen LogP contribution in [-0.4, -0.2) is 68.3 Å². The van der Waals surface area contributed by atoms with Crippen LogP contribution >= 0.6 is 24.0 Å². The van der Waals surface area contributed by atoms with E-state index in [1.807, 2.05) is 4.90 Å². The lowest BCUT2D eigenvalue weighted by Crippen LogP contribution is -2.67. The van der Waals surface area contributed by atoms with Gasteiger partial charge in [-0.3, -0.25) is 9.89 Å². The van der Waals surface area contributed by atoms with Crippen LogP contribution in [0, 0.1) is 5.41 Å². The zero-order valence-corrected chi connectivity index (χ0v) is 20.3. The zero-order chi connectivity index (χ0) is 20.0. The van der Waals surface area contributed by atoms with E-state index in [1.165, 1.54) is 32.1 Å². The molecule has 2 N–H and O–H groups in total. The molecule has 3 aliphatic rings. The molecule has 1 saturated heterocycles. The second-order valence-corrected chi connectivity index (χ2v) is 8.60. The first-order chi connectivity index (χ1) is 13.6. The van der Waals surface area contributed by atoms with Crippen LogP contribution in [0.15, 0.2) is 4.99 Å². The van der Waals surface area contributed by atoms with Gasteiger partial charge in [0, 0.05) is 43.7 Å². The number of halogens is 3. The molecule has 170 valence electrons. The lowest BCUT2D eigenvalue weighted by atomic mass is 9.55. The molecular weight excluding hydrogens is 489 g/mol. The minimum Gasteiger partial charge on any atom is -0.378 e. The van der Waals surface area contributed by atoms with Crippen LogP contribution in [-0.2, 0) is 4.74 Å². The number of hydrogen-bond acceptors (Lipinski definition) is 3. The Bertz CT molecular complexity index is 509. The maximum absolute atomic E-state index is 12.6. The molecule has 1 spiro atoms. The summed E-state index contributed by atoms with van der Waals surface area (Å²) in [6.07, 6.45) is 7.33. The van der Waals surface area contributed by atoms with Crippen LogP contribution in [0.3, 0.4) is 0 Å². The summed E-state index contributed by atoms with van der Waals surface area (Å²) in [5, 5.41) is 7.30. The quantitative estimate of drug-likeness (QED) is 0.298. The number of piperidine rings is 1. The number of rotatable bonds is 7. The molecule has 0 bridgehead atoms. The fraction of sp³-hybridized carbons (Fsp3) is 0.952. The molecule has 2 atom stereocenters. The van der Waals surface area contributed by atoms with Gasteiger partial charge in [-0.1, -0.05) is 19.3 Å². The Balaban J connectivity index is 0.00000300. The number of guanidine groups is 1. The van der Waals surface area contributed by atoms with E-state index < -0.39 is 6.43 Å². The summed E-state index contributed by atoms with van der Waals surface area (Å²) in [4.78, 5) is 6.54. The summed E-state index contributed by atoms with van der Waals surface area (Å²) in [5.41, 5.74) is 0.255. The van der Waals surface area contributed by atoms with Crippen molar-refractivity contribution in [2.45, 2.75) is 89.8 Å². The minimum absolute atomic E-state index is 0. The Morgan fingerprint density at radius 1 is 1.14 bits per heavy atom. The normalized spacial score (nSPS) is 28.1. The number of ether oxygens (including phenoxy) is 1. The molecule has 2 saturated carbocycles. The lowest BCUT2D eigenvalue weighted by molar-refractivity contribution is -0.145. The average molecular weight is 528 g/mol. The molecule has 3 rings (SSSR count). The molecule has 0 amide bonds. The van der Waals surface area contributed by atoms with Crippen molar-refractivity contribution in [3.63, 3.8) is 0 Å². The van der Waals surface area contributed by atoms with Gasteiger partial charge in [0.15, 0.2) is 5.96 Å². The van der Waals surface area contributed by atoms with Gasteiger partial charge in [-0.2, -0.15) is 0 Å². The molecule has 1 heterocycles. The van der Waals surface area contributed by atoms with Gasteiger partial charge in [0.1, 0.15) is 0 Å². The number of hydrogen-bond donors (Lipinski definition) is 2. The number of alkyl halides is 2. The number of aliphatic imine (C=N–C) groups is 1. The van der Waals surface area contributed by atoms with E-state index in [2.05, 4.69) is 29.5 Å². The van der Waals surface area contributed by atoms with Gasteiger partial charge in [0.25, 0.3) is 6.43 Å². The van der Waals surface area contributed by atoms with E-state index in [4.69, 9.17) is 4.74 Å². The zero-order valence-electron chi connectivity index (χ0n) is 18.0. The maximum atomic E-state index is 12.6. The summed E-state index contributed by atoms with van der Waals surface area (Å²) in [6, 6.07) is 0.720. The first-order valence-corrected chi connectivity index (χ1v) is 11.3. The van der Waals surface area contributed by atoms with Crippen molar-refractivity contribution in [3.05, 3.63) is 0 Å². The van der Waals surface area contributed by atoms with Crippen molar-refractivity contribution in [2.24, 2.45) is 10.4 Å². The summed E-state index contributed by atoms with van der Waals surface area (Å²) in [5.74, 6) is 0.889. The average Bonchev–Trinajstić information content (AvgIpc) is 2.69. The Morgan fingerprint density at radius 3 is 2.41 bits per heavy atom. The van der Waals surface area contributed by atoms with Crippen LogP contribution in [0.1, 0.15) is 65.2 Å². The largest absolute Gasteiger partial charge is 0.378 e. The van der Waals surface area contributed by atoms with Crippen LogP contribution in [0.2, 0.25) is 0 Å². The first-order valence-electron chi connectivity index (χ1n) is 11.3. The standard InChI is InChI=1S/C21H38F2N4O.HI/c1-3-24-20(25-16-8-12-27(13-9-16)15-19(22)23)26-17-14-18(28-4-2)21(17)10-6-5-7-11-21;/h16-19H,3-15H2,1-2H3,(H2,24,25,26);1H. The second-order valence-electron chi connectivity index (χ2n) is 8.60. The van der Waals surface area contributed by atoms with Crippen LogP contribution in [0.4, 0.5) is 8.78 Å². The van der Waals surface area contributed by atoms with E-state index in [1.54, 1.807) is 0 Å². The Hall–Kier alpha value is -0.220. The highest BCUT2D eigenvalue weighted by atomic mass is 127. The molecule has 1 aliphatic heterocycles. The molecule has 2 unspecified atom stereocenters. The maximum Gasteiger partial charge on any atom is 0.251 e. The topological polar surface area (TPSA) is 48.9 Å². The van der Waals surface area contributed by atoms with Gasteiger partial charge < -0.3 is 15.4 Å². The first kappa shape index (κ1) is 25.0. The molecule has 5 nitrogen and oxygen atoms in total. The number of nitrogens with one attached hydrogen (secondary N) is 2. The number of likely N-dealkylation sites (tertiary alicyclic amines) is 1. The second kappa shape index (κ2) is 12.0. The smallest absolute Gasteiger partial charge is 0.251 e. The van der Waals surface area contributed by atoms with E-state index in [0.717, 1.165) is 51.5 Å². The lowest BCUT2D eigenvalue weighted by Gasteiger charge is -2.58. The van der Waals surface area contributed by atoms with Gasteiger partial charge in [0.05, 0.1) is 12.6 Å². The Kier molecular flexibility index (Phi) is 10.3. The summed E-state index contributed by atoms with van der Waals surface area (Å²) < 4.78 is 31.2. The van der Waals surface area contributed by atoms with Crippen molar-refractivity contribution in [3.8, 4) is 0 Å².